The summed E-state index contributed by atoms with van der Waals surface area (Å²) >= 11 is 11.5. The monoisotopic (exact) mass is 515 g/mol. The zero-order chi connectivity index (χ0) is 20.3. The van der Waals surface area contributed by atoms with Gasteiger partial charge in [-0.3, -0.25) is 20.2 Å². The van der Waals surface area contributed by atoms with Crippen LogP contribution in [-0.4, -0.2) is 27.0 Å². The van der Waals surface area contributed by atoms with Crippen LogP contribution >= 0.6 is 44.1 Å². The zero-order valence-electron chi connectivity index (χ0n) is 13.6. The number of nitrogens with one attached hydrogen (secondary N) is 2. The van der Waals surface area contributed by atoms with Crippen LogP contribution in [0.3, 0.4) is 0 Å². The summed E-state index contributed by atoms with van der Waals surface area (Å²) in [6, 6.07) is 6.92. The molecule has 0 aliphatic rings. The van der Waals surface area contributed by atoms with Crippen molar-refractivity contribution in [2.45, 2.75) is 6.92 Å². The summed E-state index contributed by atoms with van der Waals surface area (Å²) in [7, 11) is 0. The largest absolute Gasteiger partial charge is 0.478 e. The Balaban J connectivity index is 2.19. The molecule has 140 valence electrons. The molecule has 0 saturated carbocycles. The lowest BCUT2D eigenvalue weighted by Gasteiger charge is -2.14. The number of carbonyl (C=O) groups excluding carboxylic acids is 1. The molecule has 11 heteroatoms. The first kappa shape index (κ1) is 20.9. The number of carboxylic acids is 1. The Labute approximate surface area is 175 Å². The van der Waals surface area contributed by atoms with Gasteiger partial charge in [0.05, 0.1) is 16.2 Å². The van der Waals surface area contributed by atoms with Crippen LogP contribution in [0.4, 0.5) is 11.4 Å². The number of carbonyl (C=O) groups is 2. The minimum atomic E-state index is -1.18. The predicted molar refractivity (Wildman–Crippen MR) is 110 cm³/mol. The van der Waals surface area contributed by atoms with Crippen molar-refractivity contribution in [1.82, 2.24) is 5.32 Å². The molecular weight excluding hydrogens is 506 g/mol. The highest BCUT2D eigenvalue weighted by Gasteiger charge is 2.18. The molecule has 0 unspecified atom stereocenters. The van der Waals surface area contributed by atoms with Crippen LogP contribution < -0.4 is 10.6 Å². The smallest absolute Gasteiger partial charge is 0.337 e. The lowest BCUT2D eigenvalue weighted by atomic mass is 10.1. The Morgan fingerprint density at radius 1 is 1.22 bits per heavy atom. The van der Waals surface area contributed by atoms with Crippen LogP contribution in [0.5, 0.6) is 0 Å². The van der Waals surface area contributed by atoms with Crippen molar-refractivity contribution in [2.24, 2.45) is 0 Å². The Morgan fingerprint density at radius 2 is 1.89 bits per heavy atom. The van der Waals surface area contributed by atoms with Crippen molar-refractivity contribution in [3.63, 3.8) is 0 Å². The number of rotatable bonds is 4. The first-order chi connectivity index (χ1) is 12.6. The van der Waals surface area contributed by atoms with E-state index in [1.54, 1.807) is 6.07 Å². The maximum atomic E-state index is 12.3. The van der Waals surface area contributed by atoms with Gasteiger partial charge in [-0.15, -0.1) is 0 Å². The van der Waals surface area contributed by atoms with E-state index in [1.807, 2.05) is 0 Å². The van der Waals surface area contributed by atoms with Gasteiger partial charge in [0, 0.05) is 26.1 Å². The molecule has 0 heterocycles. The number of thiocarbonyl (C=S) groups is 1. The normalized spacial score (nSPS) is 10.2. The summed E-state index contributed by atoms with van der Waals surface area (Å²) in [5.41, 5.74) is 0.526. The van der Waals surface area contributed by atoms with Gasteiger partial charge >= 0.3 is 5.97 Å². The number of aryl methyl sites for hydroxylation is 1. The molecule has 0 fully saturated rings. The van der Waals surface area contributed by atoms with Crippen molar-refractivity contribution in [1.29, 1.82) is 0 Å². The maximum Gasteiger partial charge on any atom is 0.337 e. The summed E-state index contributed by atoms with van der Waals surface area (Å²) in [4.78, 5) is 34.0. The van der Waals surface area contributed by atoms with Gasteiger partial charge in [-0.05, 0) is 59.3 Å². The van der Waals surface area contributed by atoms with E-state index in [0.717, 1.165) is 0 Å². The van der Waals surface area contributed by atoms with E-state index < -0.39 is 16.8 Å². The Hall–Kier alpha value is -2.37. The lowest BCUT2D eigenvalue weighted by molar-refractivity contribution is -0.385. The highest BCUT2D eigenvalue weighted by Crippen LogP contribution is 2.31. The summed E-state index contributed by atoms with van der Waals surface area (Å²) in [6.07, 6.45) is 0. The van der Waals surface area contributed by atoms with Gasteiger partial charge in [0.15, 0.2) is 5.11 Å². The average molecular weight is 517 g/mol. The minimum absolute atomic E-state index is 0.0565. The van der Waals surface area contributed by atoms with Crippen LogP contribution in [0.25, 0.3) is 0 Å². The first-order valence-electron chi connectivity index (χ1n) is 7.20. The van der Waals surface area contributed by atoms with Gasteiger partial charge < -0.3 is 10.4 Å². The molecule has 0 spiro atoms. The number of halogens is 2. The third-order valence-electron chi connectivity index (χ3n) is 3.41. The van der Waals surface area contributed by atoms with E-state index >= 15 is 0 Å². The second-order valence-electron chi connectivity index (χ2n) is 5.28. The molecule has 2 aromatic rings. The predicted octanol–water partition coefficient (Wildman–Crippen LogP) is 4.25. The summed E-state index contributed by atoms with van der Waals surface area (Å²) < 4.78 is 0.977. The highest BCUT2D eigenvalue weighted by molar-refractivity contribution is 9.11. The second kappa shape index (κ2) is 8.55. The number of carboxylic acid groups (broad SMARTS) is 1. The topological polar surface area (TPSA) is 122 Å². The number of hydrogen-bond acceptors (Lipinski definition) is 5. The Kier molecular flexibility index (Phi) is 6.63. The number of benzene rings is 2. The van der Waals surface area contributed by atoms with Gasteiger partial charge in [0.2, 0.25) is 0 Å². The fourth-order valence-electron chi connectivity index (χ4n) is 2.19. The van der Waals surface area contributed by atoms with Crippen LogP contribution in [0.15, 0.2) is 39.3 Å². The van der Waals surface area contributed by atoms with E-state index in [-0.39, 0.29) is 27.6 Å². The number of amides is 1. The number of nitro benzene ring substituents is 1. The fraction of sp³-hybridized carbons (Fsp3) is 0.0625. The summed E-state index contributed by atoms with van der Waals surface area (Å²) in [5.74, 6) is -1.77. The van der Waals surface area contributed by atoms with Crippen LogP contribution in [-0.2, 0) is 0 Å². The van der Waals surface area contributed by atoms with Gasteiger partial charge in [0.25, 0.3) is 11.6 Å². The minimum Gasteiger partial charge on any atom is -0.478 e. The third kappa shape index (κ3) is 5.08. The number of hydrogen-bond donors (Lipinski definition) is 3. The average Bonchev–Trinajstić information content (AvgIpc) is 2.56. The molecule has 8 nitrogen and oxygen atoms in total. The molecular formula is C16H11Br2N3O5S. The number of nitrogens with zero attached hydrogens (tertiary/aromatic N) is 1. The van der Waals surface area contributed by atoms with Gasteiger partial charge in [0.1, 0.15) is 0 Å². The Morgan fingerprint density at radius 3 is 2.44 bits per heavy atom. The van der Waals surface area contributed by atoms with Gasteiger partial charge in [-0.1, -0.05) is 15.9 Å². The van der Waals surface area contributed by atoms with E-state index in [9.17, 15) is 24.8 Å². The number of anilines is 1. The van der Waals surface area contributed by atoms with Crippen molar-refractivity contribution in [2.75, 3.05) is 5.32 Å². The molecule has 1 amide bonds. The van der Waals surface area contributed by atoms with E-state index in [4.69, 9.17) is 12.2 Å². The van der Waals surface area contributed by atoms with E-state index in [0.29, 0.717) is 14.5 Å². The van der Waals surface area contributed by atoms with E-state index in [2.05, 4.69) is 42.5 Å². The molecule has 3 N–H and O–H groups in total. The number of nitro groups is 1. The molecule has 0 aromatic heterocycles. The second-order valence-corrected chi connectivity index (χ2v) is 7.46. The molecule has 2 rings (SSSR count). The summed E-state index contributed by atoms with van der Waals surface area (Å²) in [6.45, 7) is 1.52. The number of aromatic carboxylic acids is 1. The molecule has 0 radical (unpaired) electrons. The van der Waals surface area contributed by atoms with Crippen molar-refractivity contribution >= 4 is 72.4 Å². The van der Waals surface area contributed by atoms with E-state index in [1.165, 1.54) is 31.2 Å². The Bertz CT molecular complexity index is 981. The lowest BCUT2D eigenvalue weighted by Crippen LogP contribution is -2.34. The molecule has 0 aliphatic carbocycles. The standard InChI is InChI=1S/C16H11Br2N3O5S/c1-7-4-8(2-3-12(7)21(25)26)14(22)20-16(27)19-13-10(15(23)24)5-9(17)6-11(13)18/h2-6H,1H3,(H,23,24)(H2,19,20,22,27). The van der Waals surface area contributed by atoms with Crippen molar-refractivity contribution in [3.05, 3.63) is 66.1 Å². The zero-order valence-corrected chi connectivity index (χ0v) is 17.6. The summed E-state index contributed by atoms with van der Waals surface area (Å²) in [5, 5.41) is 25.1. The molecule has 0 saturated heterocycles. The quantitative estimate of drug-likeness (QED) is 0.315. The first-order valence-corrected chi connectivity index (χ1v) is 9.19. The molecule has 0 atom stereocenters. The van der Waals surface area contributed by atoms with Crippen molar-refractivity contribution < 1.29 is 19.6 Å². The van der Waals surface area contributed by atoms with Crippen LogP contribution in [0.1, 0.15) is 26.3 Å². The third-order valence-corrected chi connectivity index (χ3v) is 4.69. The fourth-order valence-corrected chi connectivity index (χ4v) is 3.71. The molecule has 0 bridgehead atoms. The van der Waals surface area contributed by atoms with Crippen LogP contribution in [0, 0.1) is 17.0 Å². The van der Waals surface area contributed by atoms with Crippen molar-refractivity contribution in [3.8, 4) is 0 Å². The van der Waals surface area contributed by atoms with Gasteiger partial charge in [-0.2, -0.15) is 0 Å². The molecule has 27 heavy (non-hydrogen) atoms. The van der Waals surface area contributed by atoms with Crippen LogP contribution in [0.2, 0.25) is 0 Å². The van der Waals surface area contributed by atoms with Gasteiger partial charge in [-0.25, -0.2) is 4.79 Å². The maximum absolute atomic E-state index is 12.3. The molecule has 2 aromatic carbocycles. The molecule has 0 aliphatic heterocycles. The SMILES string of the molecule is Cc1cc(C(=O)NC(=S)Nc2c(Br)cc(Br)cc2C(=O)O)ccc1[N+](=O)[O-]. The highest BCUT2D eigenvalue weighted by atomic mass is 79.9.